The van der Waals surface area contributed by atoms with Crippen LogP contribution < -0.4 is 5.73 Å². The molecule has 1 aromatic heterocycles. The van der Waals surface area contributed by atoms with Gasteiger partial charge < -0.3 is 15.1 Å². The standard InChI is InChI=1S/C17H21ClN2O2/c1-10-14-9-13(18)3-4-15(14)22-16(10)17(21)20-7-5-12(6-8-20)11(2)19/h3-4,9,11-12H,5-8,19H2,1-2H3. The largest absolute Gasteiger partial charge is 0.451 e. The van der Waals surface area contributed by atoms with E-state index in [1.54, 1.807) is 6.07 Å². The van der Waals surface area contributed by atoms with E-state index in [0.29, 0.717) is 22.3 Å². The summed E-state index contributed by atoms with van der Waals surface area (Å²) < 4.78 is 5.77. The maximum atomic E-state index is 12.7. The molecule has 22 heavy (non-hydrogen) atoms. The van der Waals surface area contributed by atoms with Gasteiger partial charge >= 0.3 is 0 Å². The molecule has 0 spiro atoms. The van der Waals surface area contributed by atoms with Crippen LogP contribution in [0.4, 0.5) is 0 Å². The summed E-state index contributed by atoms with van der Waals surface area (Å²) in [6, 6.07) is 5.61. The minimum Gasteiger partial charge on any atom is -0.451 e. The highest BCUT2D eigenvalue weighted by molar-refractivity contribution is 6.31. The lowest BCUT2D eigenvalue weighted by Crippen LogP contribution is -2.42. The second kappa shape index (κ2) is 5.94. The van der Waals surface area contributed by atoms with Crippen LogP contribution in [-0.2, 0) is 0 Å². The molecule has 1 aliphatic rings. The van der Waals surface area contributed by atoms with Gasteiger partial charge in [0.15, 0.2) is 5.76 Å². The first-order chi connectivity index (χ1) is 10.5. The van der Waals surface area contributed by atoms with Crippen molar-refractivity contribution in [3.63, 3.8) is 0 Å². The molecule has 3 rings (SSSR count). The first-order valence-electron chi connectivity index (χ1n) is 7.71. The molecular weight excluding hydrogens is 300 g/mol. The van der Waals surface area contributed by atoms with E-state index in [1.165, 1.54) is 0 Å². The van der Waals surface area contributed by atoms with Crippen LogP contribution in [-0.4, -0.2) is 29.9 Å². The highest BCUT2D eigenvalue weighted by Gasteiger charge is 2.28. The summed E-state index contributed by atoms with van der Waals surface area (Å²) in [7, 11) is 0. The van der Waals surface area contributed by atoms with Crippen LogP contribution in [0, 0.1) is 12.8 Å². The van der Waals surface area contributed by atoms with Crippen LogP contribution in [0.5, 0.6) is 0 Å². The molecule has 2 N–H and O–H groups in total. The summed E-state index contributed by atoms with van der Waals surface area (Å²) in [6.45, 7) is 5.42. The second-order valence-corrected chi connectivity index (χ2v) is 6.62. The number of nitrogens with zero attached hydrogens (tertiary/aromatic N) is 1. The lowest BCUT2D eigenvalue weighted by Gasteiger charge is -2.33. The van der Waals surface area contributed by atoms with Gasteiger partial charge in [0.25, 0.3) is 5.91 Å². The maximum absolute atomic E-state index is 12.7. The number of likely N-dealkylation sites (tertiary alicyclic amines) is 1. The summed E-state index contributed by atoms with van der Waals surface area (Å²) in [4.78, 5) is 14.6. The molecule has 1 amide bonds. The van der Waals surface area contributed by atoms with E-state index in [4.69, 9.17) is 21.8 Å². The number of fused-ring (bicyclic) bond motifs is 1. The van der Waals surface area contributed by atoms with Crippen molar-refractivity contribution in [2.75, 3.05) is 13.1 Å². The normalized spacial score (nSPS) is 17.9. The molecule has 0 aliphatic carbocycles. The summed E-state index contributed by atoms with van der Waals surface area (Å²) in [5, 5.41) is 1.55. The molecule has 2 aromatic rings. The van der Waals surface area contributed by atoms with Crippen molar-refractivity contribution in [1.29, 1.82) is 0 Å². The van der Waals surface area contributed by atoms with E-state index >= 15 is 0 Å². The Morgan fingerprint density at radius 2 is 2.09 bits per heavy atom. The topological polar surface area (TPSA) is 59.5 Å². The van der Waals surface area contributed by atoms with Crippen LogP contribution in [0.1, 0.15) is 35.9 Å². The third kappa shape index (κ3) is 2.73. The molecular formula is C17H21ClN2O2. The van der Waals surface area contributed by atoms with Crippen LogP contribution in [0.25, 0.3) is 11.0 Å². The zero-order valence-electron chi connectivity index (χ0n) is 12.9. The molecule has 2 heterocycles. The van der Waals surface area contributed by atoms with E-state index in [9.17, 15) is 4.79 Å². The van der Waals surface area contributed by atoms with E-state index < -0.39 is 0 Å². The number of benzene rings is 1. The number of rotatable bonds is 2. The third-order valence-electron chi connectivity index (χ3n) is 4.66. The van der Waals surface area contributed by atoms with Crippen molar-refractivity contribution in [2.24, 2.45) is 11.7 Å². The van der Waals surface area contributed by atoms with Crippen LogP contribution >= 0.6 is 11.6 Å². The lowest BCUT2D eigenvalue weighted by molar-refractivity contribution is 0.0650. The first kappa shape index (κ1) is 15.4. The number of nitrogens with two attached hydrogens (primary N) is 1. The Labute approximate surface area is 135 Å². The molecule has 5 heteroatoms. The van der Waals surface area contributed by atoms with E-state index in [0.717, 1.165) is 36.9 Å². The monoisotopic (exact) mass is 320 g/mol. The number of aryl methyl sites for hydroxylation is 1. The summed E-state index contributed by atoms with van der Waals surface area (Å²) >= 11 is 6.02. The molecule has 0 saturated carbocycles. The van der Waals surface area contributed by atoms with Gasteiger partial charge in [-0.05, 0) is 50.8 Å². The maximum Gasteiger partial charge on any atom is 0.289 e. The van der Waals surface area contributed by atoms with Gasteiger partial charge in [0.1, 0.15) is 5.58 Å². The minimum atomic E-state index is -0.0343. The number of carbonyl (C=O) groups excluding carboxylic acids is 1. The smallest absolute Gasteiger partial charge is 0.289 e. The molecule has 1 aliphatic heterocycles. The third-order valence-corrected chi connectivity index (χ3v) is 4.90. The van der Waals surface area contributed by atoms with Crippen molar-refractivity contribution < 1.29 is 9.21 Å². The Balaban J connectivity index is 1.83. The van der Waals surface area contributed by atoms with E-state index in [1.807, 2.05) is 30.9 Å². The fraction of sp³-hybridized carbons (Fsp3) is 0.471. The van der Waals surface area contributed by atoms with Gasteiger partial charge in [-0.3, -0.25) is 4.79 Å². The quantitative estimate of drug-likeness (QED) is 0.919. The Bertz CT molecular complexity index is 700. The van der Waals surface area contributed by atoms with Gasteiger partial charge in [-0.1, -0.05) is 11.6 Å². The van der Waals surface area contributed by atoms with Crippen LogP contribution in [0.2, 0.25) is 5.02 Å². The zero-order valence-corrected chi connectivity index (χ0v) is 13.7. The number of amides is 1. The van der Waals surface area contributed by atoms with Gasteiger partial charge in [0, 0.05) is 35.1 Å². The number of piperidine rings is 1. The highest BCUT2D eigenvalue weighted by atomic mass is 35.5. The van der Waals surface area contributed by atoms with Crippen molar-refractivity contribution in [3.8, 4) is 0 Å². The predicted octanol–water partition coefficient (Wildman–Crippen LogP) is 3.59. The molecule has 1 saturated heterocycles. The Morgan fingerprint density at radius 3 is 2.73 bits per heavy atom. The molecule has 118 valence electrons. The van der Waals surface area contributed by atoms with Gasteiger partial charge in [-0.15, -0.1) is 0 Å². The van der Waals surface area contributed by atoms with Crippen LogP contribution in [0.3, 0.4) is 0 Å². The van der Waals surface area contributed by atoms with Gasteiger partial charge in [-0.25, -0.2) is 0 Å². The average molecular weight is 321 g/mol. The number of hydrogen-bond donors (Lipinski definition) is 1. The second-order valence-electron chi connectivity index (χ2n) is 6.19. The number of carbonyl (C=O) groups is 1. The predicted molar refractivity (Wildman–Crippen MR) is 88.2 cm³/mol. The summed E-state index contributed by atoms with van der Waals surface area (Å²) in [5.41, 5.74) is 7.52. The van der Waals surface area contributed by atoms with Crippen LogP contribution in [0.15, 0.2) is 22.6 Å². The summed E-state index contributed by atoms with van der Waals surface area (Å²) in [6.07, 6.45) is 1.91. The molecule has 0 bridgehead atoms. The van der Waals surface area contributed by atoms with Crippen molar-refractivity contribution in [1.82, 2.24) is 4.90 Å². The number of halogens is 1. The lowest BCUT2D eigenvalue weighted by atomic mass is 9.91. The SMILES string of the molecule is Cc1c(C(=O)N2CCC(C(C)N)CC2)oc2ccc(Cl)cc12. The Hall–Kier alpha value is -1.52. The average Bonchev–Trinajstić information content (AvgIpc) is 2.83. The molecule has 1 unspecified atom stereocenters. The number of hydrogen-bond acceptors (Lipinski definition) is 3. The molecule has 1 aromatic carbocycles. The Kier molecular flexibility index (Phi) is 4.15. The highest BCUT2D eigenvalue weighted by Crippen LogP contribution is 2.30. The van der Waals surface area contributed by atoms with E-state index in [-0.39, 0.29) is 11.9 Å². The fourth-order valence-corrected chi connectivity index (χ4v) is 3.34. The van der Waals surface area contributed by atoms with Gasteiger partial charge in [0.05, 0.1) is 0 Å². The Morgan fingerprint density at radius 1 is 1.41 bits per heavy atom. The van der Waals surface area contributed by atoms with Gasteiger partial charge in [0.2, 0.25) is 0 Å². The molecule has 1 fully saturated rings. The van der Waals surface area contributed by atoms with Crippen molar-refractivity contribution in [2.45, 2.75) is 32.7 Å². The minimum absolute atomic E-state index is 0.0343. The number of furan rings is 1. The molecule has 4 nitrogen and oxygen atoms in total. The molecule has 1 atom stereocenters. The fourth-order valence-electron chi connectivity index (χ4n) is 3.17. The molecule has 0 radical (unpaired) electrons. The van der Waals surface area contributed by atoms with E-state index in [2.05, 4.69) is 0 Å². The zero-order chi connectivity index (χ0) is 15.9. The summed E-state index contributed by atoms with van der Waals surface area (Å²) in [5.74, 6) is 0.893. The van der Waals surface area contributed by atoms with Crippen molar-refractivity contribution >= 4 is 28.5 Å². The first-order valence-corrected chi connectivity index (χ1v) is 8.08. The van der Waals surface area contributed by atoms with Gasteiger partial charge in [-0.2, -0.15) is 0 Å². The van der Waals surface area contributed by atoms with Crippen molar-refractivity contribution in [3.05, 3.63) is 34.5 Å².